The van der Waals surface area contributed by atoms with Crippen molar-refractivity contribution in [1.82, 2.24) is 0 Å². The first-order valence-electron chi connectivity index (χ1n) is 0.309. The molecular formula is BiI2O. The van der Waals surface area contributed by atoms with Gasteiger partial charge in [0.15, 0.2) is 0 Å². The molecule has 0 atom stereocenters. The van der Waals surface area contributed by atoms with Gasteiger partial charge < -0.3 is 0 Å². The zero-order valence-electron chi connectivity index (χ0n) is 1.61. The smallest absolute Gasteiger partial charge is 0.124 e. The molecule has 0 aromatic carbocycles. The standard InChI is InChI=1S/Bi.I2O/c;1-3-2. The first-order chi connectivity index (χ1) is 1.41. The molecule has 0 fully saturated rings. The van der Waals surface area contributed by atoms with Crippen LogP contribution in [-0.4, -0.2) is 26.2 Å². The third-order valence-electron chi connectivity index (χ3n) is 0. The summed E-state index contributed by atoms with van der Waals surface area (Å²) in [6.07, 6.45) is 0. The molecule has 0 aromatic rings. The van der Waals surface area contributed by atoms with Crippen molar-refractivity contribution in [2.75, 3.05) is 0 Å². The zero-order valence-corrected chi connectivity index (χ0v) is 9.40. The Morgan fingerprint density at radius 3 is 1.25 bits per heavy atom. The van der Waals surface area contributed by atoms with Crippen LogP contribution in [-0.2, 0) is 1.40 Å². The molecule has 0 spiro atoms. The molecule has 0 saturated carbocycles. The first kappa shape index (κ1) is 9.57. The first-order valence-corrected chi connectivity index (χ1v) is 2.07. The van der Waals surface area contributed by atoms with Crippen LogP contribution in [0.3, 0.4) is 0 Å². The molecule has 0 rings (SSSR count). The second-order valence-electron chi connectivity index (χ2n) is 0.0583. The molecule has 4 heteroatoms. The Morgan fingerprint density at radius 1 is 1.25 bits per heavy atom. The van der Waals surface area contributed by atoms with Crippen LogP contribution in [0.5, 0.6) is 0 Å². The Morgan fingerprint density at radius 2 is 1.25 bits per heavy atom. The molecule has 25 valence electrons. The summed E-state index contributed by atoms with van der Waals surface area (Å²) in [5.74, 6) is 0. The third-order valence-corrected chi connectivity index (χ3v) is 0. The van der Waals surface area contributed by atoms with Gasteiger partial charge in [0, 0.05) is 26.2 Å². The largest absolute Gasteiger partial charge is 0.247 e. The zero-order chi connectivity index (χ0) is 2.71. The minimum Gasteiger partial charge on any atom is -0.247 e. The Kier molecular flexibility index (Phi) is 21.5. The van der Waals surface area contributed by atoms with E-state index in [1.807, 2.05) is 0 Å². The van der Waals surface area contributed by atoms with Crippen LogP contribution in [0.2, 0.25) is 0 Å². The van der Waals surface area contributed by atoms with Crippen molar-refractivity contribution in [3.05, 3.63) is 0 Å². The topological polar surface area (TPSA) is 9.23 Å². The van der Waals surface area contributed by atoms with Crippen molar-refractivity contribution >= 4 is 72.2 Å². The summed E-state index contributed by atoms with van der Waals surface area (Å²) >= 11 is 3.55. The molecule has 4 heavy (non-hydrogen) atoms. The van der Waals surface area contributed by atoms with E-state index in [0.717, 1.165) is 0 Å². The molecule has 0 heterocycles. The van der Waals surface area contributed by atoms with E-state index in [9.17, 15) is 0 Å². The van der Waals surface area contributed by atoms with Gasteiger partial charge >= 0.3 is 0 Å². The van der Waals surface area contributed by atoms with E-state index in [1.165, 1.54) is 0 Å². The predicted octanol–water partition coefficient (Wildman–Crippen LogP) is 1.32. The Bertz CT molecular complexity index is 6.00. The minimum atomic E-state index is 0. The number of hydrogen-bond donors (Lipinski definition) is 0. The summed E-state index contributed by atoms with van der Waals surface area (Å²) in [5.41, 5.74) is 0. The van der Waals surface area contributed by atoms with Crippen molar-refractivity contribution < 1.29 is 1.40 Å². The quantitative estimate of drug-likeness (QED) is 0.377. The van der Waals surface area contributed by atoms with Gasteiger partial charge in [-0.1, -0.05) is 0 Å². The van der Waals surface area contributed by atoms with Crippen molar-refractivity contribution in [2.24, 2.45) is 0 Å². The van der Waals surface area contributed by atoms with E-state index in [0.29, 0.717) is 0 Å². The second-order valence-corrected chi connectivity index (χ2v) is 2.62. The van der Waals surface area contributed by atoms with Gasteiger partial charge in [0.05, 0.1) is 0 Å². The Labute approximate surface area is 72.4 Å². The summed E-state index contributed by atoms with van der Waals surface area (Å²) in [4.78, 5) is 0. The van der Waals surface area contributed by atoms with Gasteiger partial charge in [-0.3, -0.25) is 0 Å². The van der Waals surface area contributed by atoms with E-state index < -0.39 is 0 Å². The Balaban J connectivity index is 0. The number of rotatable bonds is 0. The summed E-state index contributed by atoms with van der Waals surface area (Å²) in [5, 5.41) is 0. The van der Waals surface area contributed by atoms with E-state index in [4.69, 9.17) is 0 Å². The summed E-state index contributed by atoms with van der Waals surface area (Å²) < 4.78 is 4.19. The van der Waals surface area contributed by atoms with Crippen LogP contribution in [0, 0.1) is 0 Å². The van der Waals surface area contributed by atoms with E-state index >= 15 is 0 Å². The average molecular weight is 479 g/mol. The van der Waals surface area contributed by atoms with Crippen LogP contribution in [0.15, 0.2) is 0 Å². The molecular weight excluding hydrogens is 479 g/mol. The van der Waals surface area contributed by atoms with Crippen LogP contribution in [0.4, 0.5) is 0 Å². The van der Waals surface area contributed by atoms with Crippen LogP contribution < -0.4 is 0 Å². The van der Waals surface area contributed by atoms with Gasteiger partial charge in [0.2, 0.25) is 0 Å². The Hall–Kier alpha value is 2.30. The van der Waals surface area contributed by atoms with E-state index in [1.54, 1.807) is 46.0 Å². The average Bonchev–Trinajstić information content (AvgIpc) is 0.918. The fourth-order valence-electron chi connectivity index (χ4n) is 0. The van der Waals surface area contributed by atoms with Crippen LogP contribution >= 0.6 is 46.0 Å². The van der Waals surface area contributed by atoms with Gasteiger partial charge in [0.25, 0.3) is 0 Å². The van der Waals surface area contributed by atoms with Crippen molar-refractivity contribution in [3.8, 4) is 0 Å². The number of halogens is 2. The molecule has 1 nitrogen and oxygen atoms in total. The second kappa shape index (κ2) is 9.00. The number of hydrogen-bond acceptors (Lipinski definition) is 1. The maximum atomic E-state index is 4.19. The molecule has 0 saturated heterocycles. The van der Waals surface area contributed by atoms with Crippen LogP contribution in [0.25, 0.3) is 0 Å². The minimum absolute atomic E-state index is 0. The maximum absolute atomic E-state index is 4.19. The SMILES string of the molecule is IOI.[Bi]. The van der Waals surface area contributed by atoms with Crippen molar-refractivity contribution in [3.63, 3.8) is 0 Å². The predicted molar refractivity (Wildman–Crippen MR) is 34.9 cm³/mol. The van der Waals surface area contributed by atoms with Gasteiger partial charge in [-0.25, -0.2) is 1.40 Å². The fourth-order valence-corrected chi connectivity index (χ4v) is 0. The molecule has 0 aromatic heterocycles. The monoisotopic (exact) mass is 479 g/mol. The molecule has 0 amide bonds. The molecule has 0 aliphatic carbocycles. The van der Waals surface area contributed by atoms with E-state index in [2.05, 4.69) is 1.40 Å². The van der Waals surface area contributed by atoms with Gasteiger partial charge in [0.1, 0.15) is 46.0 Å². The van der Waals surface area contributed by atoms with E-state index in [-0.39, 0.29) is 26.2 Å². The summed E-state index contributed by atoms with van der Waals surface area (Å²) in [6, 6.07) is 0. The molecule has 0 aliphatic heterocycles. The third kappa shape index (κ3) is 8.85. The maximum Gasteiger partial charge on any atom is 0.124 e. The normalized spacial score (nSPS) is 4.50. The molecule has 0 bridgehead atoms. The van der Waals surface area contributed by atoms with Crippen molar-refractivity contribution in [2.45, 2.75) is 0 Å². The fraction of sp³-hybridized carbons (Fsp3) is 0. The molecule has 0 aliphatic rings. The molecule has 0 unspecified atom stereocenters. The van der Waals surface area contributed by atoms with Gasteiger partial charge in [-0.2, -0.15) is 0 Å². The molecule has 3 radical (unpaired) electrons. The van der Waals surface area contributed by atoms with Crippen molar-refractivity contribution in [1.29, 1.82) is 0 Å². The molecule has 0 N–H and O–H groups in total. The summed E-state index contributed by atoms with van der Waals surface area (Å²) in [7, 11) is 0. The van der Waals surface area contributed by atoms with Crippen LogP contribution in [0.1, 0.15) is 0 Å². The summed E-state index contributed by atoms with van der Waals surface area (Å²) in [6.45, 7) is 0. The van der Waals surface area contributed by atoms with Gasteiger partial charge in [-0.05, 0) is 0 Å². The van der Waals surface area contributed by atoms with Gasteiger partial charge in [-0.15, -0.1) is 0 Å².